The van der Waals surface area contributed by atoms with E-state index in [2.05, 4.69) is 16.0 Å². The van der Waals surface area contributed by atoms with Crippen LogP contribution in [0.5, 0.6) is 0 Å². The van der Waals surface area contributed by atoms with Crippen LogP contribution in [0.1, 0.15) is 31.0 Å². The second-order valence-corrected chi connectivity index (χ2v) is 7.99. The van der Waals surface area contributed by atoms with Gasteiger partial charge in [0.05, 0.1) is 21.4 Å². The largest absolute Gasteiger partial charge is 0.481 e. The van der Waals surface area contributed by atoms with Crippen LogP contribution in [-0.2, 0) is 4.79 Å². The van der Waals surface area contributed by atoms with Gasteiger partial charge in [-0.15, -0.1) is 0 Å². The Hall–Kier alpha value is -3.75. The van der Waals surface area contributed by atoms with E-state index in [0.717, 1.165) is 12.5 Å². The topological polar surface area (TPSA) is 140 Å². The van der Waals surface area contributed by atoms with Gasteiger partial charge in [0.15, 0.2) is 0 Å². The highest BCUT2D eigenvalue weighted by molar-refractivity contribution is 6.42. The molecule has 3 rings (SSSR count). The van der Waals surface area contributed by atoms with Crippen molar-refractivity contribution in [1.29, 1.82) is 5.41 Å². The highest BCUT2D eigenvalue weighted by atomic mass is 35.5. The quantitative estimate of drug-likeness (QED) is 0.176. The van der Waals surface area contributed by atoms with Gasteiger partial charge in [-0.25, -0.2) is 4.79 Å². The van der Waals surface area contributed by atoms with Gasteiger partial charge in [-0.1, -0.05) is 53.5 Å². The monoisotopic (exact) mass is 501 g/mol. The van der Waals surface area contributed by atoms with Crippen molar-refractivity contribution in [3.63, 3.8) is 0 Å². The molecule has 0 aliphatic carbocycles. The first-order valence-corrected chi connectivity index (χ1v) is 10.8. The highest BCUT2D eigenvalue weighted by Gasteiger charge is 2.14. The van der Waals surface area contributed by atoms with Gasteiger partial charge < -0.3 is 26.8 Å². The first kappa shape index (κ1) is 26.5. The number of hydrogen-bond donors (Lipinski definition) is 6. The summed E-state index contributed by atoms with van der Waals surface area (Å²) in [5.41, 5.74) is 8.80. The van der Waals surface area contributed by atoms with E-state index in [1.807, 2.05) is 37.3 Å². The molecule has 0 aromatic heterocycles. The van der Waals surface area contributed by atoms with Gasteiger partial charge in [0.25, 0.3) is 5.97 Å². The molecule has 8 nitrogen and oxygen atoms in total. The maximum absolute atomic E-state index is 12.5. The van der Waals surface area contributed by atoms with Crippen molar-refractivity contribution in [1.82, 2.24) is 0 Å². The molecule has 0 radical (unpaired) electrons. The van der Waals surface area contributed by atoms with Crippen LogP contribution < -0.4 is 21.7 Å². The third kappa shape index (κ3) is 8.31. The Bertz CT molecular complexity index is 1150. The second kappa shape index (κ2) is 12.5. The van der Waals surface area contributed by atoms with Gasteiger partial charge in [0.2, 0.25) is 0 Å². The number of amidine groups is 1. The molecule has 7 N–H and O–H groups in total. The van der Waals surface area contributed by atoms with E-state index in [4.69, 9.17) is 44.2 Å². The number of nitrogen functional groups attached to an aromatic ring is 1. The summed E-state index contributed by atoms with van der Waals surface area (Å²) < 4.78 is 0. The minimum atomic E-state index is -0.833. The molecule has 0 fully saturated rings. The van der Waals surface area contributed by atoms with Crippen molar-refractivity contribution in [2.24, 2.45) is 5.73 Å². The molecule has 3 aromatic carbocycles. The van der Waals surface area contributed by atoms with Crippen molar-refractivity contribution >= 4 is 58.1 Å². The Morgan fingerprint density at radius 3 is 2.00 bits per heavy atom. The summed E-state index contributed by atoms with van der Waals surface area (Å²) in [4.78, 5) is 21.5. The predicted molar refractivity (Wildman–Crippen MR) is 138 cm³/mol. The number of carbonyl (C=O) groups excluding carboxylic acids is 1. The van der Waals surface area contributed by atoms with Crippen LogP contribution in [0.3, 0.4) is 0 Å². The Morgan fingerprint density at radius 2 is 1.47 bits per heavy atom. The van der Waals surface area contributed by atoms with Crippen molar-refractivity contribution < 1.29 is 14.7 Å². The standard InChI is InChI=1S/C22H21Cl2N5O.C2H4O2/c1-13(14-5-3-2-4-6-14)27-19-11-17(23)18(24)12-20(19)29-22(30)28-16-9-7-15(8-10-16)21(25)26;1-2(3)4/h2-13,27H,1H3,(H3,25,26)(H2,28,29,30);1H3,(H,3,4). The fourth-order valence-electron chi connectivity index (χ4n) is 2.85. The molecule has 34 heavy (non-hydrogen) atoms. The van der Waals surface area contributed by atoms with E-state index < -0.39 is 12.0 Å². The molecule has 0 heterocycles. The molecule has 0 aliphatic heterocycles. The minimum absolute atomic E-state index is 0.0221. The summed E-state index contributed by atoms with van der Waals surface area (Å²) in [6, 6.07) is 19.4. The van der Waals surface area contributed by atoms with Crippen molar-refractivity contribution in [2.75, 3.05) is 16.0 Å². The summed E-state index contributed by atoms with van der Waals surface area (Å²) >= 11 is 12.4. The lowest BCUT2D eigenvalue weighted by atomic mass is 10.1. The van der Waals surface area contributed by atoms with Crippen molar-refractivity contribution in [3.8, 4) is 0 Å². The Balaban J connectivity index is 0.000000945. The van der Waals surface area contributed by atoms with Gasteiger partial charge in [0.1, 0.15) is 5.84 Å². The van der Waals surface area contributed by atoms with Crippen LogP contribution in [0.4, 0.5) is 21.9 Å². The van der Waals surface area contributed by atoms with Crippen molar-refractivity contribution in [2.45, 2.75) is 19.9 Å². The zero-order chi connectivity index (χ0) is 25.3. The van der Waals surface area contributed by atoms with E-state index in [0.29, 0.717) is 32.7 Å². The number of hydrogen-bond acceptors (Lipinski definition) is 4. The van der Waals surface area contributed by atoms with Crippen LogP contribution in [-0.4, -0.2) is 22.9 Å². The number of carboxylic acids is 1. The number of halogens is 2. The van der Waals surface area contributed by atoms with Gasteiger partial charge in [-0.3, -0.25) is 10.2 Å². The van der Waals surface area contributed by atoms with Gasteiger partial charge in [-0.05, 0) is 48.9 Å². The average molecular weight is 502 g/mol. The summed E-state index contributed by atoms with van der Waals surface area (Å²) in [6.45, 7) is 3.10. The normalized spacial score (nSPS) is 10.8. The van der Waals surface area contributed by atoms with E-state index in [1.165, 1.54) is 0 Å². The molecule has 2 amide bonds. The number of nitrogens with two attached hydrogens (primary N) is 1. The van der Waals surface area contributed by atoms with Gasteiger partial charge in [0, 0.05) is 24.2 Å². The smallest absolute Gasteiger partial charge is 0.323 e. The summed E-state index contributed by atoms with van der Waals surface area (Å²) in [6.07, 6.45) is 0. The number of rotatable bonds is 6. The molecule has 0 spiro atoms. The molecule has 0 saturated carbocycles. The van der Waals surface area contributed by atoms with Gasteiger partial charge >= 0.3 is 6.03 Å². The predicted octanol–water partition coefficient (Wildman–Crippen LogP) is 6.19. The second-order valence-electron chi connectivity index (χ2n) is 7.18. The number of anilines is 3. The van der Waals surface area contributed by atoms with Crippen LogP contribution in [0.2, 0.25) is 10.0 Å². The number of benzene rings is 3. The molecule has 3 aromatic rings. The molecular formula is C24H25Cl2N5O3. The zero-order valence-corrected chi connectivity index (χ0v) is 20.0. The van der Waals surface area contributed by atoms with Crippen LogP contribution in [0.15, 0.2) is 66.7 Å². The first-order chi connectivity index (χ1) is 16.1. The average Bonchev–Trinajstić information content (AvgIpc) is 2.77. The fraction of sp³-hybridized carbons (Fsp3) is 0.125. The number of nitrogens with one attached hydrogen (secondary N) is 4. The number of amides is 2. The molecule has 0 bridgehead atoms. The fourth-order valence-corrected chi connectivity index (χ4v) is 3.17. The summed E-state index contributed by atoms with van der Waals surface area (Å²) in [5.74, 6) is -0.870. The zero-order valence-electron chi connectivity index (χ0n) is 18.5. The van der Waals surface area contributed by atoms with Crippen LogP contribution >= 0.6 is 23.2 Å². The molecule has 0 saturated heterocycles. The lowest BCUT2D eigenvalue weighted by molar-refractivity contribution is -0.134. The minimum Gasteiger partial charge on any atom is -0.481 e. The summed E-state index contributed by atoms with van der Waals surface area (Å²) in [5, 5.41) is 24.4. The first-order valence-electron chi connectivity index (χ1n) is 10.1. The highest BCUT2D eigenvalue weighted by Crippen LogP contribution is 2.34. The Labute approximate surface area is 207 Å². The van der Waals surface area contributed by atoms with Gasteiger partial charge in [-0.2, -0.15) is 0 Å². The van der Waals surface area contributed by atoms with E-state index >= 15 is 0 Å². The lowest BCUT2D eigenvalue weighted by Crippen LogP contribution is -2.21. The van der Waals surface area contributed by atoms with E-state index in [-0.39, 0.29) is 11.9 Å². The SMILES string of the molecule is CC(=O)O.CC(Nc1cc(Cl)c(Cl)cc1NC(=O)Nc1ccc(C(=N)N)cc1)c1ccccc1. The Morgan fingerprint density at radius 1 is 0.941 bits per heavy atom. The molecular weight excluding hydrogens is 477 g/mol. The third-order valence-corrected chi connectivity index (χ3v) is 5.16. The van der Waals surface area contributed by atoms with Crippen LogP contribution in [0, 0.1) is 5.41 Å². The summed E-state index contributed by atoms with van der Waals surface area (Å²) in [7, 11) is 0. The number of carboxylic acid groups (broad SMARTS) is 1. The third-order valence-electron chi connectivity index (χ3n) is 4.43. The molecule has 0 aliphatic rings. The molecule has 1 unspecified atom stereocenters. The maximum atomic E-state index is 12.5. The molecule has 1 atom stereocenters. The van der Waals surface area contributed by atoms with E-state index in [1.54, 1.807) is 36.4 Å². The van der Waals surface area contributed by atoms with Crippen LogP contribution in [0.25, 0.3) is 0 Å². The van der Waals surface area contributed by atoms with E-state index in [9.17, 15) is 4.79 Å². The Kier molecular flexibility index (Phi) is 9.73. The number of aliphatic carboxylic acids is 1. The lowest BCUT2D eigenvalue weighted by Gasteiger charge is -2.20. The molecule has 178 valence electrons. The number of carbonyl (C=O) groups is 2. The number of urea groups is 1. The molecule has 10 heteroatoms. The van der Waals surface area contributed by atoms with Crippen molar-refractivity contribution in [3.05, 3.63) is 87.9 Å². The maximum Gasteiger partial charge on any atom is 0.323 e.